The smallest absolute Gasteiger partial charge is 0.188 e. The van der Waals surface area contributed by atoms with Gasteiger partial charge in [-0.1, -0.05) is 6.92 Å². The largest absolute Gasteiger partial charge is 0.490 e. The van der Waals surface area contributed by atoms with Crippen molar-refractivity contribution < 1.29 is 19.0 Å². The van der Waals surface area contributed by atoms with Crippen LogP contribution in [0.1, 0.15) is 30.1 Å². The standard InChI is InChI=1S/C14H18O4/c1-2-6-16-10-12(15)11-4-5-13-14(9-11)18-8-3-7-17-13/h4-5,9H,2-3,6-8,10H2,1H3. The van der Waals surface area contributed by atoms with Crippen LogP contribution in [0.25, 0.3) is 0 Å². The summed E-state index contributed by atoms with van der Waals surface area (Å²) in [5.74, 6) is 1.33. The lowest BCUT2D eigenvalue weighted by molar-refractivity contribution is 0.0761. The fourth-order valence-electron chi connectivity index (χ4n) is 1.73. The number of carbonyl (C=O) groups is 1. The average molecular weight is 250 g/mol. The minimum atomic E-state index is -0.0286. The van der Waals surface area contributed by atoms with Crippen molar-refractivity contribution in [3.05, 3.63) is 23.8 Å². The molecule has 4 heteroatoms. The van der Waals surface area contributed by atoms with Crippen LogP contribution in [-0.2, 0) is 4.74 Å². The van der Waals surface area contributed by atoms with E-state index in [9.17, 15) is 4.79 Å². The zero-order valence-corrected chi connectivity index (χ0v) is 10.6. The van der Waals surface area contributed by atoms with Crippen LogP contribution in [0.5, 0.6) is 11.5 Å². The number of ether oxygens (including phenoxy) is 3. The summed E-state index contributed by atoms with van der Waals surface area (Å²) < 4.78 is 16.3. The molecule has 0 fully saturated rings. The highest BCUT2D eigenvalue weighted by Gasteiger charge is 2.14. The second kappa shape index (κ2) is 6.40. The van der Waals surface area contributed by atoms with Gasteiger partial charge >= 0.3 is 0 Å². The van der Waals surface area contributed by atoms with Crippen LogP contribution in [-0.4, -0.2) is 32.2 Å². The fourth-order valence-corrected chi connectivity index (χ4v) is 1.73. The van der Waals surface area contributed by atoms with Gasteiger partial charge in [0.05, 0.1) is 13.2 Å². The minimum absolute atomic E-state index is 0.0286. The van der Waals surface area contributed by atoms with E-state index in [4.69, 9.17) is 14.2 Å². The third-order valence-corrected chi connectivity index (χ3v) is 2.65. The van der Waals surface area contributed by atoms with E-state index in [2.05, 4.69) is 0 Å². The van der Waals surface area contributed by atoms with E-state index < -0.39 is 0 Å². The first kappa shape index (κ1) is 12.9. The van der Waals surface area contributed by atoms with Crippen molar-refractivity contribution in [1.82, 2.24) is 0 Å². The molecule has 1 aromatic carbocycles. The normalized spacial score (nSPS) is 14.1. The number of carbonyl (C=O) groups excluding carboxylic acids is 1. The van der Waals surface area contributed by atoms with E-state index >= 15 is 0 Å². The van der Waals surface area contributed by atoms with Crippen LogP contribution in [0.15, 0.2) is 18.2 Å². The van der Waals surface area contributed by atoms with Gasteiger partial charge in [0.25, 0.3) is 0 Å². The molecular formula is C14H18O4. The maximum Gasteiger partial charge on any atom is 0.188 e. The molecule has 0 saturated carbocycles. The zero-order chi connectivity index (χ0) is 12.8. The number of hydrogen-bond donors (Lipinski definition) is 0. The molecule has 0 atom stereocenters. The van der Waals surface area contributed by atoms with Gasteiger partial charge in [0.1, 0.15) is 6.61 Å². The molecule has 0 aliphatic carbocycles. The first-order valence-electron chi connectivity index (χ1n) is 6.32. The van der Waals surface area contributed by atoms with Gasteiger partial charge in [0.15, 0.2) is 17.3 Å². The van der Waals surface area contributed by atoms with Crippen LogP contribution in [0, 0.1) is 0 Å². The van der Waals surface area contributed by atoms with E-state index in [1.165, 1.54) is 0 Å². The summed E-state index contributed by atoms with van der Waals surface area (Å²) in [7, 11) is 0. The predicted octanol–water partition coefficient (Wildman–Crippen LogP) is 2.46. The van der Waals surface area contributed by atoms with Crippen molar-refractivity contribution in [2.75, 3.05) is 26.4 Å². The lowest BCUT2D eigenvalue weighted by atomic mass is 10.1. The Bertz CT molecular complexity index is 414. The van der Waals surface area contributed by atoms with Crippen molar-refractivity contribution in [3.8, 4) is 11.5 Å². The Hall–Kier alpha value is -1.55. The molecule has 1 aliphatic heterocycles. The highest BCUT2D eigenvalue weighted by molar-refractivity contribution is 5.97. The molecular weight excluding hydrogens is 232 g/mol. The Morgan fingerprint density at radius 3 is 2.83 bits per heavy atom. The van der Waals surface area contributed by atoms with E-state index in [1.54, 1.807) is 18.2 Å². The van der Waals surface area contributed by atoms with Gasteiger partial charge in [-0.15, -0.1) is 0 Å². The molecule has 0 aromatic heterocycles. The molecule has 0 amide bonds. The van der Waals surface area contributed by atoms with Gasteiger partial charge in [-0.2, -0.15) is 0 Å². The summed E-state index contributed by atoms with van der Waals surface area (Å²) in [5, 5.41) is 0. The molecule has 0 unspecified atom stereocenters. The lowest BCUT2D eigenvalue weighted by Gasteiger charge is -2.09. The molecule has 0 N–H and O–H groups in total. The van der Waals surface area contributed by atoms with Crippen molar-refractivity contribution in [1.29, 1.82) is 0 Å². The first-order valence-corrected chi connectivity index (χ1v) is 6.32. The topological polar surface area (TPSA) is 44.8 Å². The lowest BCUT2D eigenvalue weighted by Crippen LogP contribution is -2.09. The molecule has 18 heavy (non-hydrogen) atoms. The summed E-state index contributed by atoms with van der Waals surface area (Å²) >= 11 is 0. The number of Topliss-reactive ketones (excluding diaryl/α,β-unsaturated/α-hetero) is 1. The Morgan fingerprint density at radius 1 is 1.28 bits per heavy atom. The van der Waals surface area contributed by atoms with Crippen molar-refractivity contribution in [2.45, 2.75) is 19.8 Å². The van der Waals surface area contributed by atoms with E-state index in [0.29, 0.717) is 36.9 Å². The fraction of sp³-hybridized carbons (Fsp3) is 0.500. The summed E-state index contributed by atoms with van der Waals surface area (Å²) in [5.41, 5.74) is 0.607. The maximum atomic E-state index is 11.9. The second-order valence-electron chi connectivity index (χ2n) is 4.19. The number of ketones is 1. The van der Waals surface area contributed by atoms with E-state index in [1.807, 2.05) is 6.92 Å². The molecule has 2 rings (SSSR count). The van der Waals surface area contributed by atoms with Gasteiger partial charge in [-0.3, -0.25) is 4.79 Å². The average Bonchev–Trinajstić information content (AvgIpc) is 2.63. The Balaban J connectivity index is 2.05. The Labute approximate surface area is 107 Å². The third-order valence-electron chi connectivity index (χ3n) is 2.65. The van der Waals surface area contributed by atoms with Crippen molar-refractivity contribution in [2.24, 2.45) is 0 Å². The van der Waals surface area contributed by atoms with Crippen molar-refractivity contribution >= 4 is 5.78 Å². The second-order valence-corrected chi connectivity index (χ2v) is 4.19. The van der Waals surface area contributed by atoms with Crippen LogP contribution < -0.4 is 9.47 Å². The summed E-state index contributed by atoms with van der Waals surface area (Å²) in [6, 6.07) is 5.27. The van der Waals surface area contributed by atoms with Gasteiger partial charge in [0, 0.05) is 18.6 Å². The minimum Gasteiger partial charge on any atom is -0.490 e. The number of fused-ring (bicyclic) bond motifs is 1. The van der Waals surface area contributed by atoms with Crippen molar-refractivity contribution in [3.63, 3.8) is 0 Å². The van der Waals surface area contributed by atoms with Crippen LogP contribution in [0.3, 0.4) is 0 Å². The molecule has 1 heterocycles. The number of hydrogen-bond acceptors (Lipinski definition) is 4. The highest BCUT2D eigenvalue weighted by Crippen LogP contribution is 2.30. The van der Waals surface area contributed by atoms with Crippen LogP contribution >= 0.6 is 0 Å². The van der Waals surface area contributed by atoms with Gasteiger partial charge < -0.3 is 14.2 Å². The number of benzene rings is 1. The quantitative estimate of drug-likeness (QED) is 0.595. The van der Waals surface area contributed by atoms with E-state index in [-0.39, 0.29) is 12.4 Å². The summed E-state index contributed by atoms with van der Waals surface area (Å²) in [6.45, 7) is 4.01. The van der Waals surface area contributed by atoms with Gasteiger partial charge in [-0.05, 0) is 24.6 Å². The highest BCUT2D eigenvalue weighted by atomic mass is 16.5. The molecule has 1 aromatic rings. The molecule has 0 spiro atoms. The SMILES string of the molecule is CCCOCC(=O)c1ccc2c(c1)OCCCO2. The molecule has 0 saturated heterocycles. The maximum absolute atomic E-state index is 11.9. The van der Waals surface area contributed by atoms with Crippen LogP contribution in [0.2, 0.25) is 0 Å². The molecule has 0 bridgehead atoms. The molecule has 98 valence electrons. The number of rotatable bonds is 5. The molecule has 1 aliphatic rings. The van der Waals surface area contributed by atoms with Gasteiger partial charge in [-0.25, -0.2) is 0 Å². The predicted molar refractivity (Wildman–Crippen MR) is 67.5 cm³/mol. The Morgan fingerprint density at radius 2 is 2.06 bits per heavy atom. The first-order chi connectivity index (χ1) is 8.81. The summed E-state index contributed by atoms with van der Waals surface area (Å²) in [4.78, 5) is 11.9. The molecule has 0 radical (unpaired) electrons. The molecule has 4 nitrogen and oxygen atoms in total. The summed E-state index contributed by atoms with van der Waals surface area (Å²) in [6.07, 6.45) is 1.77. The Kier molecular flexibility index (Phi) is 4.59. The monoisotopic (exact) mass is 250 g/mol. The van der Waals surface area contributed by atoms with Crippen LogP contribution in [0.4, 0.5) is 0 Å². The van der Waals surface area contributed by atoms with E-state index in [0.717, 1.165) is 12.8 Å². The zero-order valence-electron chi connectivity index (χ0n) is 10.6. The third kappa shape index (κ3) is 3.23. The van der Waals surface area contributed by atoms with Gasteiger partial charge in [0.2, 0.25) is 0 Å².